The Labute approximate surface area is 147 Å². The Balaban J connectivity index is 1.42. The molecule has 7 heteroatoms. The number of hydrogen-bond acceptors (Lipinski definition) is 6. The number of carbonyl (C=O) groups is 1. The number of aliphatic hydroxyl groups is 1. The van der Waals surface area contributed by atoms with Gasteiger partial charge in [-0.3, -0.25) is 14.6 Å². The van der Waals surface area contributed by atoms with E-state index < -0.39 is 6.10 Å². The van der Waals surface area contributed by atoms with Gasteiger partial charge in [-0.2, -0.15) is 0 Å². The van der Waals surface area contributed by atoms with Crippen LogP contribution in [0.5, 0.6) is 0 Å². The van der Waals surface area contributed by atoms with Crippen molar-refractivity contribution in [3.05, 3.63) is 16.1 Å². The van der Waals surface area contributed by atoms with Crippen LogP contribution in [0.4, 0.5) is 0 Å². The van der Waals surface area contributed by atoms with Gasteiger partial charge >= 0.3 is 0 Å². The normalized spacial score (nSPS) is 26.4. The van der Waals surface area contributed by atoms with Gasteiger partial charge < -0.3 is 10.4 Å². The Bertz CT molecular complexity index is 544. The molecule has 1 amide bonds. The van der Waals surface area contributed by atoms with E-state index in [1.807, 2.05) is 6.92 Å². The van der Waals surface area contributed by atoms with Gasteiger partial charge in [0, 0.05) is 25.0 Å². The molecule has 6 nitrogen and oxygen atoms in total. The molecule has 24 heavy (non-hydrogen) atoms. The summed E-state index contributed by atoms with van der Waals surface area (Å²) < 4.78 is 0. The topological polar surface area (TPSA) is 68.7 Å². The molecule has 134 valence electrons. The number of thiazole rings is 1. The number of piperidine rings is 2. The Morgan fingerprint density at radius 2 is 2.12 bits per heavy atom. The summed E-state index contributed by atoms with van der Waals surface area (Å²) in [6, 6.07) is -0.129. The Hall–Kier alpha value is -1.02. The third-order valence-electron chi connectivity index (χ3n) is 4.88. The van der Waals surface area contributed by atoms with Crippen LogP contribution in [-0.4, -0.2) is 70.7 Å². The smallest absolute Gasteiger partial charge is 0.234 e. The highest BCUT2D eigenvalue weighted by Gasteiger charge is 2.29. The van der Waals surface area contributed by atoms with E-state index in [0.29, 0.717) is 13.1 Å². The zero-order valence-corrected chi connectivity index (χ0v) is 15.2. The van der Waals surface area contributed by atoms with Gasteiger partial charge in [0.25, 0.3) is 0 Å². The maximum Gasteiger partial charge on any atom is 0.234 e. The van der Waals surface area contributed by atoms with Crippen LogP contribution >= 0.6 is 11.3 Å². The van der Waals surface area contributed by atoms with Crippen molar-refractivity contribution in [3.8, 4) is 0 Å². The molecule has 3 rings (SSSR count). The van der Waals surface area contributed by atoms with Gasteiger partial charge in [0.05, 0.1) is 29.4 Å². The van der Waals surface area contributed by atoms with Crippen LogP contribution in [0.3, 0.4) is 0 Å². The van der Waals surface area contributed by atoms with Gasteiger partial charge in [0.1, 0.15) is 0 Å². The predicted octanol–water partition coefficient (Wildman–Crippen LogP) is 0.989. The first-order valence-corrected chi connectivity index (χ1v) is 9.81. The van der Waals surface area contributed by atoms with Crippen LogP contribution < -0.4 is 5.32 Å². The minimum absolute atomic E-state index is 0.0459. The van der Waals surface area contributed by atoms with E-state index in [2.05, 4.69) is 25.5 Å². The first-order chi connectivity index (χ1) is 11.6. The molecular weight excluding hydrogens is 324 g/mol. The van der Waals surface area contributed by atoms with Crippen molar-refractivity contribution in [1.29, 1.82) is 0 Å². The van der Waals surface area contributed by atoms with E-state index in [1.165, 1.54) is 19.3 Å². The highest BCUT2D eigenvalue weighted by molar-refractivity contribution is 7.09. The first kappa shape index (κ1) is 17.8. The lowest BCUT2D eigenvalue weighted by atomic mass is 10.0. The fourth-order valence-electron chi connectivity index (χ4n) is 3.59. The summed E-state index contributed by atoms with van der Waals surface area (Å²) in [5.41, 5.74) is 1.07. The average molecular weight is 353 g/mol. The standard InChI is InChI=1S/C17H28N4O2S/c1-13-18-14(12-24-13)9-21-8-5-15(16(22)10-21)19-17(23)11-20-6-3-2-4-7-20/h12,15-16,22H,2-11H2,1H3,(H,19,23)/t15-,16-/m1/s1. The zero-order valence-electron chi connectivity index (χ0n) is 14.4. The number of nitrogens with one attached hydrogen (secondary N) is 1. The van der Waals surface area contributed by atoms with Crippen LogP contribution in [0.15, 0.2) is 5.38 Å². The van der Waals surface area contributed by atoms with Crippen molar-refractivity contribution in [3.63, 3.8) is 0 Å². The quantitative estimate of drug-likeness (QED) is 0.827. The van der Waals surface area contributed by atoms with Crippen molar-refractivity contribution in [1.82, 2.24) is 20.1 Å². The molecule has 1 aromatic heterocycles. The number of amides is 1. The number of likely N-dealkylation sites (tertiary alicyclic amines) is 2. The first-order valence-electron chi connectivity index (χ1n) is 8.93. The average Bonchev–Trinajstić information content (AvgIpc) is 2.96. The number of β-amino-alcohol motifs (C(OH)–C–C–N with tert-alkyl or cyclic N) is 1. The lowest BCUT2D eigenvalue weighted by molar-refractivity contribution is -0.124. The molecule has 0 aliphatic carbocycles. The van der Waals surface area contributed by atoms with Gasteiger partial charge in [0.2, 0.25) is 5.91 Å². The molecule has 0 saturated carbocycles. The number of aromatic nitrogens is 1. The van der Waals surface area contributed by atoms with Crippen LogP contribution in [0.1, 0.15) is 36.4 Å². The second-order valence-electron chi connectivity index (χ2n) is 6.96. The van der Waals surface area contributed by atoms with E-state index in [-0.39, 0.29) is 11.9 Å². The summed E-state index contributed by atoms with van der Waals surface area (Å²) in [6.45, 7) is 6.74. The minimum atomic E-state index is -0.510. The molecule has 0 spiro atoms. The van der Waals surface area contributed by atoms with Gasteiger partial charge in [-0.1, -0.05) is 6.42 Å². The number of aliphatic hydroxyl groups excluding tert-OH is 1. The van der Waals surface area contributed by atoms with Crippen molar-refractivity contribution < 1.29 is 9.90 Å². The predicted molar refractivity (Wildman–Crippen MR) is 95.0 cm³/mol. The van der Waals surface area contributed by atoms with Gasteiger partial charge in [-0.05, 0) is 39.3 Å². The van der Waals surface area contributed by atoms with E-state index in [4.69, 9.17) is 0 Å². The summed E-state index contributed by atoms with van der Waals surface area (Å²) in [6.07, 6.45) is 3.92. The van der Waals surface area contributed by atoms with E-state index in [9.17, 15) is 9.90 Å². The number of carbonyl (C=O) groups excluding carboxylic acids is 1. The molecule has 2 N–H and O–H groups in total. The van der Waals surface area contributed by atoms with Crippen molar-refractivity contribution in [2.75, 3.05) is 32.7 Å². The number of hydrogen-bond donors (Lipinski definition) is 2. The largest absolute Gasteiger partial charge is 0.390 e. The molecule has 3 heterocycles. The van der Waals surface area contributed by atoms with Gasteiger partial charge in [0.15, 0.2) is 0 Å². The molecule has 2 aliphatic rings. The molecule has 2 saturated heterocycles. The zero-order chi connectivity index (χ0) is 16.9. The third-order valence-corrected chi connectivity index (χ3v) is 5.70. The van der Waals surface area contributed by atoms with Crippen LogP contribution in [0.2, 0.25) is 0 Å². The summed E-state index contributed by atoms with van der Waals surface area (Å²) in [4.78, 5) is 21.1. The lowest BCUT2D eigenvalue weighted by Gasteiger charge is -2.36. The summed E-state index contributed by atoms with van der Waals surface area (Å²) in [5.74, 6) is 0.0459. The van der Waals surface area contributed by atoms with Crippen LogP contribution in [0, 0.1) is 6.92 Å². The van der Waals surface area contributed by atoms with Gasteiger partial charge in [-0.15, -0.1) is 11.3 Å². The van der Waals surface area contributed by atoms with Gasteiger partial charge in [-0.25, -0.2) is 4.98 Å². The molecule has 0 unspecified atom stereocenters. The monoisotopic (exact) mass is 352 g/mol. The molecule has 0 aromatic carbocycles. The molecule has 2 atom stereocenters. The van der Waals surface area contributed by atoms with E-state index >= 15 is 0 Å². The summed E-state index contributed by atoms with van der Waals surface area (Å²) in [5, 5.41) is 16.6. The van der Waals surface area contributed by atoms with Crippen LogP contribution in [0.25, 0.3) is 0 Å². The second-order valence-corrected chi connectivity index (χ2v) is 8.02. The van der Waals surface area contributed by atoms with Crippen molar-refractivity contribution in [2.45, 2.75) is 51.3 Å². The minimum Gasteiger partial charge on any atom is -0.390 e. The highest BCUT2D eigenvalue weighted by atomic mass is 32.1. The number of aryl methyl sites for hydroxylation is 1. The number of nitrogens with zero attached hydrogens (tertiary/aromatic N) is 3. The molecule has 0 bridgehead atoms. The van der Waals surface area contributed by atoms with Crippen LogP contribution in [-0.2, 0) is 11.3 Å². The maximum atomic E-state index is 12.2. The molecule has 0 radical (unpaired) electrons. The fraction of sp³-hybridized carbons (Fsp3) is 0.765. The summed E-state index contributed by atoms with van der Waals surface area (Å²) in [7, 11) is 0. The Morgan fingerprint density at radius 3 is 2.79 bits per heavy atom. The lowest BCUT2D eigenvalue weighted by Crippen LogP contribution is -2.55. The molecule has 2 aliphatic heterocycles. The maximum absolute atomic E-state index is 12.2. The third kappa shape index (κ3) is 4.99. The molecule has 1 aromatic rings. The SMILES string of the molecule is Cc1nc(CN2CC[C@@H](NC(=O)CN3CCCCC3)[C@H](O)C2)cs1. The Kier molecular flexibility index (Phi) is 6.21. The second kappa shape index (κ2) is 8.38. The van der Waals surface area contributed by atoms with E-state index in [1.54, 1.807) is 11.3 Å². The fourth-order valence-corrected chi connectivity index (χ4v) is 4.20. The molecule has 2 fully saturated rings. The van der Waals surface area contributed by atoms with Crippen molar-refractivity contribution in [2.24, 2.45) is 0 Å². The Morgan fingerprint density at radius 1 is 1.33 bits per heavy atom. The molecular formula is C17H28N4O2S. The van der Waals surface area contributed by atoms with E-state index in [0.717, 1.165) is 43.3 Å². The summed E-state index contributed by atoms with van der Waals surface area (Å²) >= 11 is 1.66. The number of rotatable bonds is 5. The highest BCUT2D eigenvalue weighted by Crippen LogP contribution is 2.16. The van der Waals surface area contributed by atoms with Crippen molar-refractivity contribution >= 4 is 17.2 Å².